The standard InChI is InChI=1S/C15H16N4/c1-2-9-19-14-6-4-3-5-12(14)18-15(19)13-8-7-11(16)10-17-13/h3-8,10H,2,9,16H2,1H3. The molecule has 0 bridgehead atoms. The fraction of sp³-hybridized carbons (Fsp3) is 0.200. The van der Waals surface area contributed by atoms with Crippen LogP contribution in [-0.4, -0.2) is 14.5 Å². The number of imidazole rings is 1. The molecule has 2 heterocycles. The third-order valence-corrected chi connectivity index (χ3v) is 3.12. The molecule has 0 amide bonds. The molecule has 0 saturated heterocycles. The van der Waals surface area contributed by atoms with E-state index in [1.807, 2.05) is 30.3 Å². The molecule has 0 saturated carbocycles. The monoisotopic (exact) mass is 252 g/mol. The maximum Gasteiger partial charge on any atom is 0.159 e. The highest BCUT2D eigenvalue weighted by Crippen LogP contribution is 2.24. The van der Waals surface area contributed by atoms with Gasteiger partial charge in [-0.05, 0) is 30.7 Å². The molecule has 0 atom stereocenters. The van der Waals surface area contributed by atoms with Gasteiger partial charge in [-0.1, -0.05) is 19.1 Å². The Labute approximate surface area is 111 Å². The summed E-state index contributed by atoms with van der Waals surface area (Å²) in [5, 5.41) is 0. The fourth-order valence-corrected chi connectivity index (χ4v) is 2.26. The third-order valence-electron chi connectivity index (χ3n) is 3.12. The predicted octanol–water partition coefficient (Wildman–Crippen LogP) is 3.09. The van der Waals surface area contributed by atoms with E-state index in [1.165, 1.54) is 0 Å². The van der Waals surface area contributed by atoms with E-state index in [0.717, 1.165) is 35.5 Å². The van der Waals surface area contributed by atoms with Gasteiger partial charge in [-0.25, -0.2) is 4.98 Å². The van der Waals surface area contributed by atoms with Gasteiger partial charge >= 0.3 is 0 Å². The van der Waals surface area contributed by atoms with E-state index in [0.29, 0.717) is 5.69 Å². The van der Waals surface area contributed by atoms with Gasteiger partial charge in [0.2, 0.25) is 0 Å². The molecule has 4 nitrogen and oxygen atoms in total. The average molecular weight is 252 g/mol. The highest BCUT2D eigenvalue weighted by Gasteiger charge is 2.12. The molecular weight excluding hydrogens is 236 g/mol. The Morgan fingerprint density at radius 3 is 2.74 bits per heavy atom. The number of aromatic nitrogens is 3. The Hall–Kier alpha value is -2.36. The van der Waals surface area contributed by atoms with Crippen LogP contribution in [-0.2, 0) is 6.54 Å². The van der Waals surface area contributed by atoms with Crippen molar-refractivity contribution in [2.75, 3.05) is 5.73 Å². The Morgan fingerprint density at radius 2 is 2.00 bits per heavy atom. The van der Waals surface area contributed by atoms with Crippen LogP contribution in [0.3, 0.4) is 0 Å². The van der Waals surface area contributed by atoms with E-state index in [-0.39, 0.29) is 0 Å². The summed E-state index contributed by atoms with van der Waals surface area (Å²) >= 11 is 0. The Balaban J connectivity index is 2.21. The average Bonchev–Trinajstić information content (AvgIpc) is 2.79. The molecule has 3 aromatic rings. The lowest BCUT2D eigenvalue weighted by atomic mass is 10.3. The number of hydrogen-bond acceptors (Lipinski definition) is 3. The smallest absolute Gasteiger partial charge is 0.159 e. The topological polar surface area (TPSA) is 56.7 Å². The molecule has 1 aromatic carbocycles. The number of benzene rings is 1. The first-order chi connectivity index (χ1) is 9.29. The zero-order valence-corrected chi connectivity index (χ0v) is 10.9. The maximum absolute atomic E-state index is 5.69. The number of pyridine rings is 1. The molecule has 2 N–H and O–H groups in total. The molecular formula is C15H16N4. The van der Waals surface area contributed by atoms with Crippen LogP contribution in [0.5, 0.6) is 0 Å². The number of nitrogen functional groups attached to an aromatic ring is 1. The summed E-state index contributed by atoms with van der Waals surface area (Å²) in [4.78, 5) is 9.07. The van der Waals surface area contributed by atoms with Gasteiger partial charge in [-0.3, -0.25) is 4.98 Å². The van der Waals surface area contributed by atoms with Gasteiger partial charge in [0.05, 0.1) is 22.9 Å². The Bertz CT molecular complexity index is 698. The number of nitrogens with zero attached hydrogens (tertiary/aromatic N) is 3. The molecule has 4 heteroatoms. The molecule has 19 heavy (non-hydrogen) atoms. The minimum absolute atomic E-state index is 0.668. The summed E-state index contributed by atoms with van der Waals surface area (Å²) in [6.07, 6.45) is 2.73. The molecule has 0 radical (unpaired) electrons. The van der Waals surface area contributed by atoms with Crippen LogP contribution in [0, 0.1) is 0 Å². The van der Waals surface area contributed by atoms with E-state index in [9.17, 15) is 0 Å². The predicted molar refractivity (Wildman–Crippen MR) is 77.7 cm³/mol. The maximum atomic E-state index is 5.69. The third kappa shape index (κ3) is 2.05. The summed E-state index contributed by atoms with van der Waals surface area (Å²) in [6, 6.07) is 11.9. The first kappa shape index (κ1) is 11.7. The number of hydrogen-bond donors (Lipinski definition) is 1. The zero-order chi connectivity index (χ0) is 13.2. The lowest BCUT2D eigenvalue weighted by molar-refractivity contribution is 0.702. The minimum Gasteiger partial charge on any atom is -0.397 e. The summed E-state index contributed by atoms with van der Waals surface area (Å²) < 4.78 is 2.22. The van der Waals surface area contributed by atoms with Crippen molar-refractivity contribution >= 4 is 16.7 Å². The highest BCUT2D eigenvalue weighted by atomic mass is 15.1. The van der Waals surface area contributed by atoms with Crippen LogP contribution < -0.4 is 5.73 Å². The number of anilines is 1. The van der Waals surface area contributed by atoms with Crippen molar-refractivity contribution in [3.63, 3.8) is 0 Å². The lowest BCUT2D eigenvalue weighted by Gasteiger charge is -2.07. The van der Waals surface area contributed by atoms with Gasteiger partial charge in [0.1, 0.15) is 5.69 Å². The second-order valence-corrected chi connectivity index (χ2v) is 4.55. The summed E-state index contributed by atoms with van der Waals surface area (Å²) in [5.74, 6) is 0.906. The van der Waals surface area contributed by atoms with Gasteiger partial charge in [0.15, 0.2) is 5.82 Å². The second-order valence-electron chi connectivity index (χ2n) is 4.55. The molecule has 0 aliphatic heterocycles. The number of fused-ring (bicyclic) bond motifs is 1. The van der Waals surface area contributed by atoms with Crippen molar-refractivity contribution in [1.82, 2.24) is 14.5 Å². The van der Waals surface area contributed by atoms with Gasteiger partial charge in [-0.2, -0.15) is 0 Å². The molecule has 3 rings (SSSR count). The van der Waals surface area contributed by atoms with Crippen LogP contribution in [0.1, 0.15) is 13.3 Å². The van der Waals surface area contributed by atoms with E-state index in [1.54, 1.807) is 6.20 Å². The lowest BCUT2D eigenvalue weighted by Crippen LogP contribution is -2.01. The molecule has 96 valence electrons. The molecule has 0 aliphatic rings. The van der Waals surface area contributed by atoms with E-state index < -0.39 is 0 Å². The summed E-state index contributed by atoms with van der Waals surface area (Å²) in [5.41, 5.74) is 9.37. The normalized spacial score (nSPS) is 11.0. The number of rotatable bonds is 3. The molecule has 0 spiro atoms. The first-order valence-electron chi connectivity index (χ1n) is 6.46. The van der Waals surface area contributed by atoms with Crippen molar-refractivity contribution in [3.8, 4) is 11.5 Å². The zero-order valence-electron chi connectivity index (χ0n) is 10.9. The van der Waals surface area contributed by atoms with Gasteiger partial charge in [0.25, 0.3) is 0 Å². The van der Waals surface area contributed by atoms with E-state index in [4.69, 9.17) is 10.7 Å². The molecule has 0 aliphatic carbocycles. The van der Waals surface area contributed by atoms with Crippen molar-refractivity contribution in [2.24, 2.45) is 0 Å². The van der Waals surface area contributed by atoms with Crippen LogP contribution >= 0.6 is 0 Å². The number of para-hydroxylation sites is 2. The summed E-state index contributed by atoms with van der Waals surface area (Å²) in [6.45, 7) is 3.09. The van der Waals surface area contributed by atoms with Crippen LogP contribution in [0.4, 0.5) is 5.69 Å². The molecule has 0 unspecified atom stereocenters. The minimum atomic E-state index is 0.668. The fourth-order valence-electron chi connectivity index (χ4n) is 2.26. The van der Waals surface area contributed by atoms with Crippen molar-refractivity contribution in [2.45, 2.75) is 19.9 Å². The SMILES string of the molecule is CCCn1c(-c2ccc(N)cn2)nc2ccccc21. The Morgan fingerprint density at radius 1 is 1.16 bits per heavy atom. The van der Waals surface area contributed by atoms with Crippen LogP contribution in [0.15, 0.2) is 42.6 Å². The largest absolute Gasteiger partial charge is 0.397 e. The van der Waals surface area contributed by atoms with Gasteiger partial charge in [-0.15, -0.1) is 0 Å². The van der Waals surface area contributed by atoms with Crippen LogP contribution in [0.25, 0.3) is 22.6 Å². The van der Waals surface area contributed by atoms with Gasteiger partial charge in [0, 0.05) is 6.54 Å². The number of nitrogens with two attached hydrogens (primary N) is 1. The Kier molecular flexibility index (Phi) is 2.91. The molecule has 2 aromatic heterocycles. The van der Waals surface area contributed by atoms with Crippen molar-refractivity contribution in [3.05, 3.63) is 42.6 Å². The number of aryl methyl sites for hydroxylation is 1. The van der Waals surface area contributed by atoms with Gasteiger partial charge < -0.3 is 10.3 Å². The first-order valence-corrected chi connectivity index (χ1v) is 6.46. The molecule has 0 fully saturated rings. The van der Waals surface area contributed by atoms with Crippen molar-refractivity contribution < 1.29 is 0 Å². The van der Waals surface area contributed by atoms with E-state index >= 15 is 0 Å². The summed E-state index contributed by atoms with van der Waals surface area (Å²) in [7, 11) is 0. The quantitative estimate of drug-likeness (QED) is 0.779. The highest BCUT2D eigenvalue weighted by molar-refractivity contribution is 5.80. The van der Waals surface area contributed by atoms with Crippen molar-refractivity contribution in [1.29, 1.82) is 0 Å². The second kappa shape index (κ2) is 4.72. The van der Waals surface area contributed by atoms with E-state index in [2.05, 4.69) is 22.5 Å². The van der Waals surface area contributed by atoms with Crippen LogP contribution in [0.2, 0.25) is 0 Å².